The number of rotatable bonds is 8. The number of benzene rings is 9. The zero-order valence-electron chi connectivity index (χ0n) is 29.3. The van der Waals surface area contributed by atoms with Crippen molar-refractivity contribution in [2.75, 3.05) is 4.90 Å². The van der Waals surface area contributed by atoms with E-state index in [2.05, 4.69) is 229 Å². The molecule has 9 aromatic carbocycles. The van der Waals surface area contributed by atoms with Crippen LogP contribution in [0, 0.1) is 0 Å². The third-order valence-electron chi connectivity index (χ3n) is 10.1. The van der Waals surface area contributed by atoms with Crippen molar-refractivity contribution in [2.24, 2.45) is 0 Å². The van der Waals surface area contributed by atoms with E-state index in [9.17, 15) is 0 Å². The van der Waals surface area contributed by atoms with E-state index in [0.717, 1.165) is 17.1 Å². The van der Waals surface area contributed by atoms with E-state index < -0.39 is 0 Å². The minimum absolute atomic E-state index is 1.09. The molecule has 0 N–H and O–H groups in total. The lowest BCUT2D eigenvalue weighted by molar-refractivity contribution is 1.28. The molecule has 250 valence electrons. The lowest BCUT2D eigenvalue weighted by Crippen LogP contribution is -2.11. The maximum atomic E-state index is 2.39. The second-order valence-corrected chi connectivity index (χ2v) is 13.3. The minimum Gasteiger partial charge on any atom is -0.310 e. The SMILES string of the molecule is c1ccc(-c2ccc(-c3ccccc3N(c3ccc(-c4ccccc4)cc3)c3ccc(-c4c(-c5ccccc5)ccc5ccccc45)cc3)cc2)cc1. The van der Waals surface area contributed by atoms with Gasteiger partial charge in [0.05, 0.1) is 5.69 Å². The van der Waals surface area contributed by atoms with Gasteiger partial charge in [-0.15, -0.1) is 0 Å². The number of anilines is 3. The molecule has 0 unspecified atom stereocenters. The predicted molar refractivity (Wildman–Crippen MR) is 226 cm³/mol. The van der Waals surface area contributed by atoms with Gasteiger partial charge in [0, 0.05) is 16.9 Å². The van der Waals surface area contributed by atoms with Gasteiger partial charge in [-0.25, -0.2) is 0 Å². The summed E-state index contributed by atoms with van der Waals surface area (Å²) in [5, 5.41) is 2.48. The Morgan fingerprint density at radius 1 is 0.245 bits per heavy atom. The Hall–Kier alpha value is -6.96. The molecule has 0 aliphatic heterocycles. The zero-order chi connectivity index (χ0) is 35.4. The van der Waals surface area contributed by atoms with Crippen LogP contribution in [0.25, 0.3) is 66.4 Å². The fraction of sp³-hybridized carbons (Fsp3) is 0. The Morgan fingerprint density at radius 2 is 0.660 bits per heavy atom. The molecule has 0 aromatic heterocycles. The van der Waals surface area contributed by atoms with Crippen LogP contribution in [0.4, 0.5) is 17.1 Å². The van der Waals surface area contributed by atoms with E-state index in [1.165, 1.54) is 66.4 Å². The average molecular weight is 676 g/mol. The quantitative estimate of drug-likeness (QED) is 0.155. The van der Waals surface area contributed by atoms with E-state index in [4.69, 9.17) is 0 Å². The van der Waals surface area contributed by atoms with Crippen LogP contribution in [0.3, 0.4) is 0 Å². The predicted octanol–water partition coefficient (Wildman–Crippen LogP) is 14.6. The molecule has 1 nitrogen and oxygen atoms in total. The van der Waals surface area contributed by atoms with Crippen LogP contribution in [-0.2, 0) is 0 Å². The van der Waals surface area contributed by atoms with Crippen molar-refractivity contribution in [1.82, 2.24) is 0 Å². The first kappa shape index (κ1) is 32.0. The molecule has 0 bridgehead atoms. The molecular formula is C52H37N. The summed E-state index contributed by atoms with van der Waals surface area (Å²) in [6.45, 7) is 0. The van der Waals surface area contributed by atoms with Crippen LogP contribution in [-0.4, -0.2) is 0 Å². The Morgan fingerprint density at radius 3 is 1.26 bits per heavy atom. The lowest BCUT2D eigenvalue weighted by Gasteiger charge is -2.28. The van der Waals surface area contributed by atoms with E-state index in [-0.39, 0.29) is 0 Å². The largest absolute Gasteiger partial charge is 0.310 e. The summed E-state index contributed by atoms with van der Waals surface area (Å²) in [5.41, 5.74) is 15.4. The van der Waals surface area contributed by atoms with Crippen molar-refractivity contribution < 1.29 is 0 Å². The number of hydrogen-bond donors (Lipinski definition) is 0. The van der Waals surface area contributed by atoms with Gasteiger partial charge in [0.1, 0.15) is 0 Å². The summed E-state index contributed by atoms with van der Waals surface area (Å²) in [5.74, 6) is 0. The summed E-state index contributed by atoms with van der Waals surface area (Å²) < 4.78 is 0. The molecule has 1 heteroatoms. The highest BCUT2D eigenvalue weighted by Gasteiger charge is 2.19. The standard InChI is InChI=1S/C52H37N/c1-4-14-38(15-5-1)40-24-26-44(27-25-40)48-21-12-13-23-51(48)53(46-33-28-41(29-34-46)39-16-6-2-7-17-39)47-35-30-45(31-36-47)52-49-22-11-10-20-43(49)32-37-50(52)42-18-8-3-9-19-42/h1-37H. The lowest BCUT2D eigenvalue weighted by atomic mass is 9.89. The van der Waals surface area contributed by atoms with Gasteiger partial charge >= 0.3 is 0 Å². The summed E-state index contributed by atoms with van der Waals surface area (Å²) >= 11 is 0. The number of fused-ring (bicyclic) bond motifs is 1. The molecular weight excluding hydrogens is 639 g/mol. The smallest absolute Gasteiger partial charge is 0.0540 e. The first-order chi connectivity index (χ1) is 26.3. The van der Waals surface area contributed by atoms with E-state index in [1.807, 2.05) is 0 Å². The molecule has 53 heavy (non-hydrogen) atoms. The number of hydrogen-bond acceptors (Lipinski definition) is 1. The van der Waals surface area contributed by atoms with Gasteiger partial charge in [0.2, 0.25) is 0 Å². The second kappa shape index (κ2) is 14.3. The Kier molecular flexibility index (Phi) is 8.66. The van der Waals surface area contributed by atoms with Gasteiger partial charge in [0.25, 0.3) is 0 Å². The van der Waals surface area contributed by atoms with Crippen molar-refractivity contribution in [1.29, 1.82) is 0 Å². The summed E-state index contributed by atoms with van der Waals surface area (Å²) in [7, 11) is 0. The van der Waals surface area contributed by atoms with Gasteiger partial charge in [-0.05, 0) is 91.2 Å². The molecule has 0 aliphatic carbocycles. The second-order valence-electron chi connectivity index (χ2n) is 13.3. The highest BCUT2D eigenvalue weighted by molar-refractivity contribution is 6.04. The topological polar surface area (TPSA) is 3.24 Å². The Balaban J connectivity index is 1.17. The Labute approximate surface area is 311 Å². The molecule has 0 aliphatic rings. The molecule has 0 spiro atoms. The summed E-state index contributed by atoms with van der Waals surface area (Å²) in [6, 6.07) is 80.8. The van der Waals surface area contributed by atoms with E-state index in [1.54, 1.807) is 0 Å². The maximum Gasteiger partial charge on any atom is 0.0540 e. The molecule has 9 aromatic rings. The minimum atomic E-state index is 1.09. The van der Waals surface area contributed by atoms with Crippen molar-refractivity contribution >= 4 is 27.8 Å². The monoisotopic (exact) mass is 675 g/mol. The zero-order valence-corrected chi connectivity index (χ0v) is 29.3. The fourth-order valence-electron chi connectivity index (χ4n) is 7.46. The first-order valence-electron chi connectivity index (χ1n) is 18.2. The fourth-order valence-corrected chi connectivity index (χ4v) is 7.46. The van der Waals surface area contributed by atoms with Gasteiger partial charge < -0.3 is 4.90 Å². The highest BCUT2D eigenvalue weighted by Crippen LogP contribution is 2.44. The van der Waals surface area contributed by atoms with Crippen LogP contribution in [0.1, 0.15) is 0 Å². The molecule has 0 atom stereocenters. The summed E-state index contributed by atoms with van der Waals surface area (Å²) in [6.07, 6.45) is 0. The van der Waals surface area contributed by atoms with E-state index >= 15 is 0 Å². The number of para-hydroxylation sites is 1. The van der Waals surface area contributed by atoms with Crippen LogP contribution >= 0.6 is 0 Å². The molecule has 0 saturated heterocycles. The van der Waals surface area contributed by atoms with Crippen LogP contribution in [0.2, 0.25) is 0 Å². The van der Waals surface area contributed by atoms with Crippen molar-refractivity contribution in [2.45, 2.75) is 0 Å². The van der Waals surface area contributed by atoms with Crippen LogP contribution in [0.15, 0.2) is 224 Å². The van der Waals surface area contributed by atoms with Gasteiger partial charge in [0.15, 0.2) is 0 Å². The first-order valence-corrected chi connectivity index (χ1v) is 18.2. The molecule has 0 radical (unpaired) electrons. The van der Waals surface area contributed by atoms with Crippen LogP contribution < -0.4 is 4.90 Å². The molecule has 0 heterocycles. The summed E-state index contributed by atoms with van der Waals surface area (Å²) in [4.78, 5) is 2.39. The van der Waals surface area contributed by atoms with Crippen LogP contribution in [0.5, 0.6) is 0 Å². The van der Waals surface area contributed by atoms with E-state index in [0.29, 0.717) is 0 Å². The number of nitrogens with zero attached hydrogens (tertiary/aromatic N) is 1. The van der Waals surface area contributed by atoms with Gasteiger partial charge in [-0.2, -0.15) is 0 Å². The van der Waals surface area contributed by atoms with Crippen molar-refractivity contribution in [3.05, 3.63) is 224 Å². The normalized spacial score (nSPS) is 11.0. The third-order valence-corrected chi connectivity index (χ3v) is 10.1. The maximum absolute atomic E-state index is 2.39. The van der Waals surface area contributed by atoms with Crippen molar-refractivity contribution in [3.63, 3.8) is 0 Å². The molecule has 0 saturated carbocycles. The van der Waals surface area contributed by atoms with Crippen molar-refractivity contribution in [3.8, 4) is 55.6 Å². The van der Waals surface area contributed by atoms with Gasteiger partial charge in [-0.1, -0.05) is 194 Å². The highest BCUT2D eigenvalue weighted by atomic mass is 15.1. The van der Waals surface area contributed by atoms with Gasteiger partial charge in [-0.3, -0.25) is 0 Å². The molecule has 0 fully saturated rings. The molecule has 0 amide bonds. The third kappa shape index (κ3) is 6.42. The Bertz CT molecular complexity index is 2610. The average Bonchev–Trinajstić information content (AvgIpc) is 3.25. The molecule has 9 rings (SSSR count).